The predicted octanol–water partition coefficient (Wildman–Crippen LogP) is -0.176. The molecule has 0 bridgehead atoms. The molecular formula is C10H23NO3. The maximum atomic E-state index is 9.35. The molecule has 0 spiro atoms. The molecule has 0 unspecified atom stereocenters. The zero-order chi connectivity index (χ0) is 11.0. The fourth-order valence-electron chi connectivity index (χ4n) is 1.87. The summed E-state index contributed by atoms with van der Waals surface area (Å²) in [6.45, 7) is 5.57. The molecule has 0 atom stereocenters. The summed E-state index contributed by atoms with van der Waals surface area (Å²) in [7, 11) is 0. The molecule has 0 saturated carbocycles. The SMILES string of the molecule is CCN(CC)C(CO)(CO)CCCO. The fourth-order valence-corrected chi connectivity index (χ4v) is 1.87. The lowest BCUT2D eigenvalue weighted by Gasteiger charge is -2.40. The molecule has 0 heterocycles. The van der Waals surface area contributed by atoms with E-state index in [0.717, 1.165) is 13.1 Å². The molecule has 0 aromatic rings. The van der Waals surface area contributed by atoms with Gasteiger partial charge in [-0.25, -0.2) is 0 Å². The van der Waals surface area contributed by atoms with Crippen LogP contribution in [0.5, 0.6) is 0 Å². The first-order valence-electron chi connectivity index (χ1n) is 5.28. The first kappa shape index (κ1) is 13.8. The van der Waals surface area contributed by atoms with Crippen LogP contribution in [-0.4, -0.2) is 58.7 Å². The number of rotatable bonds is 8. The van der Waals surface area contributed by atoms with E-state index in [1.54, 1.807) is 0 Å². The minimum atomic E-state index is -0.563. The van der Waals surface area contributed by atoms with E-state index in [-0.39, 0.29) is 19.8 Å². The van der Waals surface area contributed by atoms with Crippen molar-refractivity contribution in [2.45, 2.75) is 32.2 Å². The van der Waals surface area contributed by atoms with E-state index in [1.807, 2.05) is 18.7 Å². The second-order valence-electron chi connectivity index (χ2n) is 3.54. The van der Waals surface area contributed by atoms with Gasteiger partial charge in [0.15, 0.2) is 0 Å². The van der Waals surface area contributed by atoms with Crippen LogP contribution in [0.15, 0.2) is 0 Å². The monoisotopic (exact) mass is 205 g/mol. The van der Waals surface area contributed by atoms with Gasteiger partial charge >= 0.3 is 0 Å². The lowest BCUT2D eigenvalue weighted by Crippen LogP contribution is -2.54. The van der Waals surface area contributed by atoms with Crippen molar-refractivity contribution in [3.63, 3.8) is 0 Å². The normalized spacial score (nSPS) is 12.4. The highest BCUT2D eigenvalue weighted by Gasteiger charge is 2.33. The van der Waals surface area contributed by atoms with Crippen molar-refractivity contribution in [1.82, 2.24) is 4.90 Å². The Balaban J connectivity index is 4.47. The van der Waals surface area contributed by atoms with Gasteiger partial charge in [-0.15, -0.1) is 0 Å². The van der Waals surface area contributed by atoms with Gasteiger partial charge in [-0.3, -0.25) is 4.90 Å². The molecule has 0 amide bonds. The third-order valence-electron chi connectivity index (χ3n) is 2.82. The molecule has 0 aliphatic rings. The van der Waals surface area contributed by atoms with Gasteiger partial charge in [-0.2, -0.15) is 0 Å². The minimum absolute atomic E-state index is 0.0643. The summed E-state index contributed by atoms with van der Waals surface area (Å²) in [4.78, 5) is 2.04. The highest BCUT2D eigenvalue weighted by Crippen LogP contribution is 2.20. The van der Waals surface area contributed by atoms with Gasteiger partial charge in [0.05, 0.1) is 18.8 Å². The Hall–Kier alpha value is -0.160. The molecular weight excluding hydrogens is 182 g/mol. The summed E-state index contributed by atoms with van der Waals surface area (Å²) < 4.78 is 0. The smallest absolute Gasteiger partial charge is 0.0673 e. The fraction of sp³-hybridized carbons (Fsp3) is 1.00. The topological polar surface area (TPSA) is 63.9 Å². The average molecular weight is 205 g/mol. The summed E-state index contributed by atoms with van der Waals surface area (Å²) in [6.07, 6.45) is 1.23. The van der Waals surface area contributed by atoms with E-state index in [2.05, 4.69) is 0 Å². The van der Waals surface area contributed by atoms with Crippen molar-refractivity contribution in [2.24, 2.45) is 0 Å². The lowest BCUT2D eigenvalue weighted by atomic mass is 9.93. The van der Waals surface area contributed by atoms with Crippen LogP contribution in [0.1, 0.15) is 26.7 Å². The average Bonchev–Trinajstić information content (AvgIpc) is 2.24. The van der Waals surface area contributed by atoms with Crippen LogP contribution in [0.2, 0.25) is 0 Å². The first-order chi connectivity index (χ1) is 6.70. The molecule has 0 rings (SSSR count). The highest BCUT2D eigenvalue weighted by atomic mass is 16.3. The van der Waals surface area contributed by atoms with Crippen LogP contribution in [0.4, 0.5) is 0 Å². The predicted molar refractivity (Wildman–Crippen MR) is 56.1 cm³/mol. The molecule has 0 fully saturated rings. The van der Waals surface area contributed by atoms with Gasteiger partial charge in [0.25, 0.3) is 0 Å². The molecule has 86 valence electrons. The second kappa shape index (κ2) is 7.17. The van der Waals surface area contributed by atoms with Gasteiger partial charge in [0, 0.05) is 6.61 Å². The van der Waals surface area contributed by atoms with Crippen molar-refractivity contribution in [3.05, 3.63) is 0 Å². The van der Waals surface area contributed by atoms with Gasteiger partial charge in [0.2, 0.25) is 0 Å². The quantitative estimate of drug-likeness (QED) is 0.514. The highest BCUT2D eigenvalue weighted by molar-refractivity contribution is 4.88. The molecule has 4 heteroatoms. The largest absolute Gasteiger partial charge is 0.396 e. The van der Waals surface area contributed by atoms with Crippen LogP contribution in [-0.2, 0) is 0 Å². The summed E-state index contributed by atoms with van der Waals surface area (Å²) in [5.41, 5.74) is -0.563. The lowest BCUT2D eigenvalue weighted by molar-refractivity contribution is -0.0173. The molecule has 4 nitrogen and oxygen atoms in total. The summed E-state index contributed by atoms with van der Waals surface area (Å²) >= 11 is 0. The van der Waals surface area contributed by atoms with Crippen molar-refractivity contribution in [1.29, 1.82) is 0 Å². The molecule has 0 saturated heterocycles. The van der Waals surface area contributed by atoms with E-state index >= 15 is 0 Å². The van der Waals surface area contributed by atoms with Crippen molar-refractivity contribution in [2.75, 3.05) is 32.9 Å². The Kier molecular flexibility index (Phi) is 7.09. The molecule has 0 aromatic carbocycles. The van der Waals surface area contributed by atoms with E-state index in [4.69, 9.17) is 5.11 Å². The van der Waals surface area contributed by atoms with E-state index in [0.29, 0.717) is 12.8 Å². The zero-order valence-electron chi connectivity index (χ0n) is 9.24. The molecule has 0 aliphatic heterocycles. The van der Waals surface area contributed by atoms with Crippen molar-refractivity contribution < 1.29 is 15.3 Å². The van der Waals surface area contributed by atoms with Gasteiger partial charge in [-0.1, -0.05) is 13.8 Å². The van der Waals surface area contributed by atoms with Gasteiger partial charge in [-0.05, 0) is 25.9 Å². The molecule has 3 N–H and O–H groups in total. The van der Waals surface area contributed by atoms with Crippen LogP contribution < -0.4 is 0 Å². The van der Waals surface area contributed by atoms with Crippen LogP contribution in [0.3, 0.4) is 0 Å². The standard InChI is InChI=1S/C10H23NO3/c1-3-11(4-2)10(8-13,9-14)6-5-7-12/h12-14H,3-9H2,1-2H3. The van der Waals surface area contributed by atoms with E-state index in [1.165, 1.54) is 0 Å². The molecule has 0 aliphatic carbocycles. The van der Waals surface area contributed by atoms with Crippen LogP contribution in [0, 0.1) is 0 Å². The zero-order valence-corrected chi connectivity index (χ0v) is 9.24. The Morgan fingerprint density at radius 2 is 1.50 bits per heavy atom. The molecule has 0 radical (unpaired) electrons. The van der Waals surface area contributed by atoms with E-state index in [9.17, 15) is 10.2 Å². The summed E-state index contributed by atoms with van der Waals surface area (Å²) in [6, 6.07) is 0. The second-order valence-corrected chi connectivity index (χ2v) is 3.54. The maximum Gasteiger partial charge on any atom is 0.0673 e. The molecule has 0 aromatic heterocycles. The maximum absolute atomic E-state index is 9.35. The van der Waals surface area contributed by atoms with Crippen molar-refractivity contribution >= 4 is 0 Å². The van der Waals surface area contributed by atoms with Gasteiger partial charge in [0.1, 0.15) is 0 Å². The first-order valence-corrected chi connectivity index (χ1v) is 5.28. The van der Waals surface area contributed by atoms with Crippen molar-refractivity contribution in [3.8, 4) is 0 Å². The Morgan fingerprint density at radius 1 is 1.00 bits per heavy atom. The Labute approximate surface area is 86.2 Å². The number of hydrogen-bond donors (Lipinski definition) is 3. The summed E-state index contributed by atoms with van der Waals surface area (Å²) in [5, 5.41) is 27.5. The molecule has 14 heavy (non-hydrogen) atoms. The van der Waals surface area contributed by atoms with Crippen LogP contribution in [0.25, 0.3) is 0 Å². The number of nitrogens with zero attached hydrogens (tertiary/aromatic N) is 1. The number of likely N-dealkylation sites (N-methyl/N-ethyl adjacent to an activating group) is 1. The number of hydrogen-bond acceptors (Lipinski definition) is 4. The van der Waals surface area contributed by atoms with E-state index < -0.39 is 5.54 Å². The Bertz CT molecular complexity index is 133. The number of aliphatic hydroxyl groups is 3. The third-order valence-corrected chi connectivity index (χ3v) is 2.82. The van der Waals surface area contributed by atoms with Gasteiger partial charge < -0.3 is 15.3 Å². The van der Waals surface area contributed by atoms with Crippen LogP contribution >= 0.6 is 0 Å². The third kappa shape index (κ3) is 3.20. The Morgan fingerprint density at radius 3 is 1.79 bits per heavy atom. The number of aliphatic hydroxyl groups excluding tert-OH is 3. The minimum Gasteiger partial charge on any atom is -0.396 e. The summed E-state index contributed by atoms with van der Waals surface area (Å²) in [5.74, 6) is 0.